The molecule has 1 rings (SSSR count). The van der Waals surface area contributed by atoms with Crippen LogP contribution in [0, 0.1) is 10.1 Å². The van der Waals surface area contributed by atoms with Crippen LogP contribution in [0.5, 0.6) is 0 Å². The van der Waals surface area contributed by atoms with Crippen molar-refractivity contribution in [1.82, 2.24) is 10.6 Å². The lowest BCUT2D eigenvalue weighted by Gasteiger charge is -2.06. The van der Waals surface area contributed by atoms with E-state index in [9.17, 15) is 24.5 Å². The third-order valence-electron chi connectivity index (χ3n) is 2.25. The normalized spacial score (nSPS) is 9.76. The molecule has 0 aliphatic carbocycles. The average Bonchev–Trinajstić information content (AvgIpc) is 2.42. The van der Waals surface area contributed by atoms with Gasteiger partial charge in [0.15, 0.2) is 0 Å². The highest BCUT2D eigenvalue weighted by molar-refractivity contribution is 6.31. The van der Waals surface area contributed by atoms with Gasteiger partial charge in [0.2, 0.25) is 5.91 Å². The molecule has 0 saturated carbocycles. The highest BCUT2D eigenvalue weighted by atomic mass is 35.5. The second-order valence-corrected chi connectivity index (χ2v) is 4.21. The molecule has 0 bridgehead atoms. The zero-order chi connectivity index (χ0) is 16.0. The Morgan fingerprint density at radius 1 is 1.24 bits per heavy atom. The second kappa shape index (κ2) is 7.20. The Morgan fingerprint density at radius 3 is 2.48 bits per heavy atom. The summed E-state index contributed by atoms with van der Waals surface area (Å²) in [6.07, 6.45) is 0. The number of carbonyl (C=O) groups excluding carboxylic acids is 2. The van der Waals surface area contributed by atoms with Crippen LogP contribution in [0.1, 0.15) is 10.4 Å². The van der Waals surface area contributed by atoms with Crippen molar-refractivity contribution in [2.45, 2.75) is 0 Å². The molecule has 1 aromatic carbocycles. The third-order valence-corrected chi connectivity index (χ3v) is 2.48. The van der Waals surface area contributed by atoms with Crippen molar-refractivity contribution in [3.8, 4) is 0 Å². The molecule has 112 valence electrons. The van der Waals surface area contributed by atoms with E-state index >= 15 is 0 Å². The van der Waals surface area contributed by atoms with Crippen molar-refractivity contribution < 1.29 is 24.4 Å². The van der Waals surface area contributed by atoms with Gasteiger partial charge in [0.1, 0.15) is 12.1 Å². The molecule has 0 aliphatic heterocycles. The van der Waals surface area contributed by atoms with E-state index in [1.165, 1.54) is 6.07 Å². The number of aliphatic carboxylic acids is 1. The number of halogens is 1. The Morgan fingerprint density at radius 2 is 1.90 bits per heavy atom. The van der Waals surface area contributed by atoms with Crippen molar-refractivity contribution in [3.63, 3.8) is 0 Å². The topological polar surface area (TPSA) is 139 Å². The number of carbonyl (C=O) groups is 3. The first-order valence-electron chi connectivity index (χ1n) is 5.52. The van der Waals surface area contributed by atoms with Crippen LogP contribution >= 0.6 is 11.6 Å². The maximum absolute atomic E-state index is 11.8. The number of hydrogen-bond acceptors (Lipinski definition) is 5. The van der Waals surface area contributed by atoms with Gasteiger partial charge >= 0.3 is 5.97 Å². The van der Waals surface area contributed by atoms with Crippen LogP contribution in [0.2, 0.25) is 5.02 Å². The number of hydrogen-bond donors (Lipinski definition) is 3. The fourth-order valence-electron chi connectivity index (χ4n) is 1.34. The van der Waals surface area contributed by atoms with Gasteiger partial charge in [-0.25, -0.2) is 0 Å². The molecule has 0 heterocycles. The van der Waals surface area contributed by atoms with E-state index in [1.807, 2.05) is 5.32 Å². The maximum Gasteiger partial charge on any atom is 0.322 e. The van der Waals surface area contributed by atoms with Gasteiger partial charge < -0.3 is 15.7 Å². The summed E-state index contributed by atoms with van der Waals surface area (Å²) in [6.45, 7) is -1.10. The van der Waals surface area contributed by atoms with Gasteiger partial charge in [-0.2, -0.15) is 0 Å². The number of amides is 2. The van der Waals surface area contributed by atoms with Crippen LogP contribution in [0.4, 0.5) is 5.69 Å². The van der Waals surface area contributed by atoms with Crippen LogP contribution in [0.15, 0.2) is 18.2 Å². The van der Waals surface area contributed by atoms with Crippen LogP contribution in [0.3, 0.4) is 0 Å². The molecular formula is C11H10ClN3O6. The molecular weight excluding hydrogens is 306 g/mol. The van der Waals surface area contributed by atoms with E-state index in [0.29, 0.717) is 0 Å². The molecule has 0 aromatic heterocycles. The third kappa shape index (κ3) is 5.07. The SMILES string of the molecule is O=C(O)CNC(=O)CNC(=O)c1ccc(Cl)cc1[N+](=O)[O-]. The number of benzene rings is 1. The molecule has 0 spiro atoms. The predicted octanol–water partition coefficient (Wildman–Crippen LogP) is 0.179. The zero-order valence-electron chi connectivity index (χ0n) is 10.5. The average molecular weight is 316 g/mol. The fourth-order valence-corrected chi connectivity index (χ4v) is 1.51. The summed E-state index contributed by atoms with van der Waals surface area (Å²) in [7, 11) is 0. The monoisotopic (exact) mass is 315 g/mol. The molecule has 0 fully saturated rings. The number of nitrogens with one attached hydrogen (secondary N) is 2. The molecule has 0 aliphatic rings. The van der Waals surface area contributed by atoms with Crippen molar-refractivity contribution in [1.29, 1.82) is 0 Å². The second-order valence-electron chi connectivity index (χ2n) is 3.77. The minimum Gasteiger partial charge on any atom is -0.480 e. The molecule has 2 amide bonds. The minimum absolute atomic E-state index is 0.0949. The molecule has 0 atom stereocenters. The summed E-state index contributed by atoms with van der Waals surface area (Å²) in [6, 6.07) is 3.47. The first-order valence-corrected chi connectivity index (χ1v) is 5.89. The smallest absolute Gasteiger partial charge is 0.322 e. The number of carboxylic acid groups (broad SMARTS) is 1. The highest BCUT2D eigenvalue weighted by Crippen LogP contribution is 2.22. The van der Waals surface area contributed by atoms with Crippen molar-refractivity contribution in [3.05, 3.63) is 38.9 Å². The van der Waals surface area contributed by atoms with Gasteiger partial charge in [-0.05, 0) is 12.1 Å². The van der Waals surface area contributed by atoms with E-state index in [1.54, 1.807) is 0 Å². The Kier molecular flexibility index (Phi) is 5.61. The Labute approximate surface area is 123 Å². The number of nitrogens with zero attached hydrogens (tertiary/aromatic N) is 1. The zero-order valence-corrected chi connectivity index (χ0v) is 11.2. The van der Waals surface area contributed by atoms with Crippen LogP contribution in [0.25, 0.3) is 0 Å². The van der Waals surface area contributed by atoms with Crippen molar-refractivity contribution in [2.24, 2.45) is 0 Å². The molecule has 9 nitrogen and oxygen atoms in total. The van der Waals surface area contributed by atoms with Gasteiger partial charge in [0.05, 0.1) is 11.5 Å². The van der Waals surface area contributed by atoms with Gasteiger partial charge in [-0.15, -0.1) is 0 Å². The lowest BCUT2D eigenvalue weighted by Crippen LogP contribution is -2.39. The highest BCUT2D eigenvalue weighted by Gasteiger charge is 2.20. The van der Waals surface area contributed by atoms with Crippen molar-refractivity contribution >= 4 is 35.1 Å². The van der Waals surface area contributed by atoms with Crippen molar-refractivity contribution in [2.75, 3.05) is 13.1 Å². The molecule has 1 aromatic rings. The molecule has 3 N–H and O–H groups in total. The number of nitro benzene ring substituents is 1. The molecule has 10 heteroatoms. The first kappa shape index (κ1) is 16.4. The maximum atomic E-state index is 11.8. The minimum atomic E-state index is -1.23. The Balaban J connectivity index is 2.70. The number of carboxylic acids is 1. The van der Waals surface area contributed by atoms with E-state index in [0.717, 1.165) is 12.1 Å². The first-order chi connectivity index (χ1) is 9.81. The summed E-state index contributed by atoms with van der Waals surface area (Å²) in [4.78, 5) is 43.3. The quantitative estimate of drug-likeness (QED) is 0.505. The summed E-state index contributed by atoms with van der Waals surface area (Å²) in [5, 5.41) is 23.4. The van der Waals surface area contributed by atoms with E-state index in [-0.39, 0.29) is 10.6 Å². The molecule has 21 heavy (non-hydrogen) atoms. The van der Waals surface area contributed by atoms with Gasteiger partial charge in [0, 0.05) is 11.1 Å². The van der Waals surface area contributed by atoms with Gasteiger partial charge in [-0.3, -0.25) is 24.5 Å². The van der Waals surface area contributed by atoms with E-state index < -0.39 is 41.5 Å². The molecule has 0 saturated heterocycles. The van der Waals surface area contributed by atoms with Crippen LogP contribution < -0.4 is 10.6 Å². The largest absolute Gasteiger partial charge is 0.480 e. The van der Waals surface area contributed by atoms with Gasteiger partial charge in [-0.1, -0.05) is 11.6 Å². The summed E-state index contributed by atoms with van der Waals surface area (Å²) in [5.74, 6) is -2.81. The van der Waals surface area contributed by atoms with Crippen LogP contribution in [-0.2, 0) is 9.59 Å². The summed E-state index contributed by atoms with van der Waals surface area (Å²) >= 11 is 5.61. The van der Waals surface area contributed by atoms with E-state index in [2.05, 4.69) is 5.32 Å². The number of rotatable bonds is 6. The Hall–Kier alpha value is -2.68. The lowest BCUT2D eigenvalue weighted by atomic mass is 10.1. The predicted molar refractivity (Wildman–Crippen MR) is 71.1 cm³/mol. The van der Waals surface area contributed by atoms with E-state index in [4.69, 9.17) is 16.7 Å². The summed E-state index contributed by atoms with van der Waals surface area (Å²) in [5.41, 5.74) is -0.749. The van der Waals surface area contributed by atoms with Gasteiger partial charge in [0.25, 0.3) is 11.6 Å². The van der Waals surface area contributed by atoms with Crippen LogP contribution in [-0.4, -0.2) is 40.9 Å². The standard InChI is InChI=1S/C11H10ClN3O6/c12-6-1-2-7(8(3-6)15(20)21)11(19)14-4-9(16)13-5-10(17)18/h1-3H,4-5H2,(H,13,16)(H,14,19)(H,17,18). The summed E-state index contributed by atoms with van der Waals surface area (Å²) < 4.78 is 0. The molecule has 0 unspecified atom stereocenters. The lowest BCUT2D eigenvalue weighted by molar-refractivity contribution is -0.385. The molecule has 0 radical (unpaired) electrons. The fraction of sp³-hybridized carbons (Fsp3) is 0.182. The number of nitro groups is 1. The Bertz CT molecular complexity index is 604.